The summed E-state index contributed by atoms with van der Waals surface area (Å²) in [5.41, 5.74) is 1.23. The van der Waals surface area contributed by atoms with Crippen molar-refractivity contribution in [1.82, 2.24) is 9.47 Å². The van der Waals surface area contributed by atoms with Crippen LogP contribution in [0.4, 0.5) is 11.4 Å². The molecule has 0 spiro atoms. The van der Waals surface area contributed by atoms with Crippen molar-refractivity contribution in [3.63, 3.8) is 0 Å². The fourth-order valence-corrected chi connectivity index (χ4v) is 5.52. The van der Waals surface area contributed by atoms with Gasteiger partial charge in [0.15, 0.2) is 5.69 Å². The first-order valence-electron chi connectivity index (χ1n) is 16.1. The number of carbonyl (C=O) groups is 1. The third kappa shape index (κ3) is 8.66. The van der Waals surface area contributed by atoms with Crippen LogP contribution in [0.5, 0.6) is 5.88 Å². The molecule has 0 fully saturated rings. The summed E-state index contributed by atoms with van der Waals surface area (Å²) in [6, 6.07) is 17.9. The Morgan fingerprint density at radius 1 is 0.955 bits per heavy atom. The maximum atomic E-state index is 13.8. The largest absolute Gasteiger partial charge is 0.493 e. The molecule has 1 amide bonds. The van der Waals surface area contributed by atoms with Crippen molar-refractivity contribution >= 4 is 17.3 Å². The SMILES string of the molecule is CCCCC(C)CN(CC(CC)CCCC)C(=O)c1ccc(/N=N/c2c(-c3ccccc3)c(C#N)c(=O)n(CC)c2O)cc1. The van der Waals surface area contributed by atoms with E-state index in [2.05, 4.69) is 37.9 Å². The van der Waals surface area contributed by atoms with Crippen LogP contribution in [0.1, 0.15) is 95.5 Å². The van der Waals surface area contributed by atoms with Gasteiger partial charge < -0.3 is 10.0 Å². The third-order valence-corrected chi connectivity index (χ3v) is 8.18. The van der Waals surface area contributed by atoms with Gasteiger partial charge in [-0.15, -0.1) is 5.11 Å². The van der Waals surface area contributed by atoms with Crippen molar-refractivity contribution in [3.05, 3.63) is 76.1 Å². The van der Waals surface area contributed by atoms with Crippen LogP contribution in [0.25, 0.3) is 11.1 Å². The maximum Gasteiger partial charge on any atom is 0.272 e. The van der Waals surface area contributed by atoms with E-state index in [1.807, 2.05) is 17.0 Å². The topological polar surface area (TPSA) is 111 Å². The van der Waals surface area contributed by atoms with Crippen LogP contribution in [-0.4, -0.2) is 33.6 Å². The summed E-state index contributed by atoms with van der Waals surface area (Å²) in [5.74, 6) is 0.560. The lowest BCUT2D eigenvalue weighted by molar-refractivity contribution is 0.0692. The highest BCUT2D eigenvalue weighted by Crippen LogP contribution is 2.39. The number of benzene rings is 2. The summed E-state index contributed by atoms with van der Waals surface area (Å²) in [4.78, 5) is 28.8. The van der Waals surface area contributed by atoms with E-state index in [0.717, 1.165) is 56.2 Å². The molecular formula is C36H47N5O3. The molecule has 8 heteroatoms. The molecule has 2 aromatic carbocycles. The highest BCUT2D eigenvalue weighted by atomic mass is 16.3. The zero-order chi connectivity index (χ0) is 32.1. The van der Waals surface area contributed by atoms with E-state index in [4.69, 9.17) is 0 Å². The molecular weight excluding hydrogens is 550 g/mol. The molecule has 0 aliphatic rings. The minimum atomic E-state index is -0.582. The lowest BCUT2D eigenvalue weighted by Crippen LogP contribution is -2.38. The first-order valence-corrected chi connectivity index (χ1v) is 16.1. The van der Waals surface area contributed by atoms with Gasteiger partial charge in [-0.05, 0) is 61.4 Å². The molecule has 2 unspecified atom stereocenters. The van der Waals surface area contributed by atoms with Gasteiger partial charge in [-0.2, -0.15) is 10.4 Å². The molecule has 3 rings (SSSR count). The molecule has 0 bridgehead atoms. The quantitative estimate of drug-likeness (QED) is 0.166. The van der Waals surface area contributed by atoms with Crippen molar-refractivity contribution in [2.24, 2.45) is 22.1 Å². The van der Waals surface area contributed by atoms with Gasteiger partial charge in [-0.3, -0.25) is 14.2 Å². The Labute approximate surface area is 262 Å². The predicted molar refractivity (Wildman–Crippen MR) is 177 cm³/mol. The van der Waals surface area contributed by atoms with Crippen molar-refractivity contribution in [2.45, 2.75) is 86.1 Å². The Kier molecular flexibility index (Phi) is 13.3. The number of hydrogen-bond acceptors (Lipinski definition) is 6. The van der Waals surface area contributed by atoms with Crippen LogP contribution in [-0.2, 0) is 6.54 Å². The van der Waals surface area contributed by atoms with Gasteiger partial charge in [-0.25, -0.2) is 0 Å². The maximum absolute atomic E-state index is 13.8. The smallest absolute Gasteiger partial charge is 0.272 e. The Bertz CT molecular complexity index is 1490. The average Bonchev–Trinajstić information content (AvgIpc) is 3.05. The molecule has 0 aliphatic carbocycles. The molecule has 1 N–H and O–H groups in total. The number of aromatic nitrogens is 1. The monoisotopic (exact) mass is 597 g/mol. The molecule has 1 heterocycles. The number of aromatic hydroxyl groups is 1. The second-order valence-electron chi connectivity index (χ2n) is 11.6. The molecule has 8 nitrogen and oxygen atoms in total. The van der Waals surface area contributed by atoms with E-state index in [1.165, 1.54) is 6.42 Å². The van der Waals surface area contributed by atoms with E-state index < -0.39 is 5.56 Å². The molecule has 44 heavy (non-hydrogen) atoms. The van der Waals surface area contributed by atoms with Gasteiger partial charge in [0.1, 0.15) is 11.6 Å². The minimum absolute atomic E-state index is 0.0180. The van der Waals surface area contributed by atoms with Gasteiger partial charge >= 0.3 is 0 Å². The molecule has 0 saturated heterocycles. The Hall–Kier alpha value is -4.25. The number of pyridine rings is 1. The number of hydrogen-bond donors (Lipinski definition) is 1. The van der Waals surface area contributed by atoms with Crippen LogP contribution in [0.15, 0.2) is 69.6 Å². The van der Waals surface area contributed by atoms with Crippen molar-refractivity contribution in [2.75, 3.05) is 13.1 Å². The van der Waals surface area contributed by atoms with Crippen LogP contribution in [0.2, 0.25) is 0 Å². The predicted octanol–water partition coefficient (Wildman–Crippen LogP) is 9.01. The second-order valence-corrected chi connectivity index (χ2v) is 11.6. The van der Waals surface area contributed by atoms with Crippen LogP contribution < -0.4 is 5.56 Å². The summed E-state index contributed by atoms with van der Waals surface area (Å²) in [7, 11) is 0. The van der Waals surface area contributed by atoms with E-state index in [9.17, 15) is 20.0 Å². The van der Waals surface area contributed by atoms with Crippen LogP contribution >= 0.6 is 0 Å². The van der Waals surface area contributed by atoms with Crippen molar-refractivity contribution in [3.8, 4) is 23.1 Å². The normalized spacial score (nSPS) is 12.6. The number of nitrogens with zero attached hydrogens (tertiary/aromatic N) is 5. The molecule has 2 atom stereocenters. The Morgan fingerprint density at radius 3 is 2.20 bits per heavy atom. The van der Waals surface area contributed by atoms with Gasteiger partial charge in [0, 0.05) is 30.8 Å². The molecule has 234 valence electrons. The summed E-state index contributed by atoms with van der Waals surface area (Å²) in [5, 5.41) is 29.6. The molecule has 1 aromatic heterocycles. The summed E-state index contributed by atoms with van der Waals surface area (Å²) >= 11 is 0. The standard InChI is InChI=1S/C36H47N5O3/c1-6-10-15-26(5)24-40(25-27(8-3)16-11-7-2)34(42)29-19-21-30(22-20-29)38-39-33-32(28-17-13-12-14-18-28)31(23-37)35(43)41(9-4)36(33)44/h12-14,17-22,26-27,44H,6-11,15-16,24-25H2,1-5H3/b39-38+. The van der Waals surface area contributed by atoms with E-state index in [1.54, 1.807) is 55.5 Å². The number of carbonyl (C=O) groups excluding carboxylic acids is 1. The molecule has 3 aromatic rings. The second kappa shape index (κ2) is 17.1. The highest BCUT2D eigenvalue weighted by molar-refractivity contribution is 5.94. The van der Waals surface area contributed by atoms with Crippen molar-refractivity contribution in [1.29, 1.82) is 5.26 Å². The fourth-order valence-electron chi connectivity index (χ4n) is 5.52. The summed E-state index contributed by atoms with van der Waals surface area (Å²) < 4.78 is 1.11. The lowest BCUT2D eigenvalue weighted by atomic mass is 9.97. The summed E-state index contributed by atoms with van der Waals surface area (Å²) in [6.07, 6.45) is 7.88. The number of rotatable bonds is 16. The number of nitriles is 1. The van der Waals surface area contributed by atoms with Crippen LogP contribution in [0.3, 0.4) is 0 Å². The zero-order valence-electron chi connectivity index (χ0n) is 26.9. The third-order valence-electron chi connectivity index (χ3n) is 8.18. The molecule has 0 radical (unpaired) electrons. The van der Waals surface area contributed by atoms with Crippen molar-refractivity contribution < 1.29 is 9.90 Å². The fraction of sp³-hybridized carbons (Fsp3) is 0.472. The van der Waals surface area contributed by atoms with E-state index >= 15 is 0 Å². The summed E-state index contributed by atoms with van der Waals surface area (Å²) in [6.45, 7) is 12.2. The first kappa shape index (κ1) is 34.2. The molecule has 0 saturated carbocycles. The van der Waals surface area contributed by atoms with Gasteiger partial charge in [0.05, 0.1) is 5.69 Å². The zero-order valence-corrected chi connectivity index (χ0v) is 26.9. The number of azo groups is 1. The van der Waals surface area contributed by atoms with Gasteiger partial charge in [-0.1, -0.05) is 90.1 Å². The lowest BCUT2D eigenvalue weighted by Gasteiger charge is -2.30. The van der Waals surface area contributed by atoms with E-state index in [0.29, 0.717) is 28.7 Å². The number of unbranched alkanes of at least 4 members (excludes halogenated alkanes) is 2. The first-order chi connectivity index (χ1) is 21.3. The van der Waals surface area contributed by atoms with Crippen LogP contribution in [0, 0.1) is 23.2 Å². The highest BCUT2D eigenvalue weighted by Gasteiger charge is 2.24. The Morgan fingerprint density at radius 2 is 1.61 bits per heavy atom. The van der Waals surface area contributed by atoms with Gasteiger partial charge in [0.25, 0.3) is 11.5 Å². The average molecular weight is 598 g/mol. The van der Waals surface area contributed by atoms with E-state index in [-0.39, 0.29) is 35.1 Å². The van der Waals surface area contributed by atoms with Gasteiger partial charge in [0.2, 0.25) is 5.88 Å². The number of amides is 1. The minimum Gasteiger partial charge on any atom is -0.493 e. The molecule has 0 aliphatic heterocycles. The Balaban J connectivity index is 1.94.